The molecule has 31 heavy (non-hydrogen) atoms. The lowest BCUT2D eigenvalue weighted by Crippen LogP contribution is -2.20. The number of hydrogen-bond acceptors (Lipinski definition) is 6. The van der Waals surface area contributed by atoms with Crippen LogP contribution in [-0.2, 0) is 0 Å². The maximum atomic E-state index is 6.63. The first-order chi connectivity index (χ1) is 15.3. The fraction of sp³-hybridized carbons (Fsp3) is 0.0800. The summed E-state index contributed by atoms with van der Waals surface area (Å²) >= 11 is 1.52. The molecule has 6 heteroatoms. The molecule has 5 nitrogen and oxygen atoms in total. The number of pyridine rings is 1. The van der Waals surface area contributed by atoms with Crippen LogP contribution < -0.4 is 10.6 Å². The van der Waals surface area contributed by atoms with Crippen molar-refractivity contribution in [2.75, 3.05) is 17.2 Å². The van der Waals surface area contributed by atoms with Gasteiger partial charge in [0.25, 0.3) is 0 Å². The number of anilines is 3. The Labute approximate surface area is 185 Å². The van der Waals surface area contributed by atoms with E-state index in [9.17, 15) is 0 Å². The van der Waals surface area contributed by atoms with Gasteiger partial charge in [-0.3, -0.25) is 4.98 Å². The summed E-state index contributed by atoms with van der Waals surface area (Å²) in [6, 6.07) is 24.8. The number of fused-ring (bicyclic) bond motifs is 2. The van der Waals surface area contributed by atoms with E-state index in [1.165, 1.54) is 17.1 Å². The van der Waals surface area contributed by atoms with Crippen LogP contribution >= 0.6 is 11.8 Å². The number of hydrogen-bond donors (Lipinski definition) is 1. The number of nitrogens with two attached hydrogens (primary N) is 1. The number of nitrogens with zero attached hydrogens (tertiary/aromatic N) is 4. The number of nitrogen functional groups attached to an aromatic ring is 1. The number of rotatable bonds is 5. The summed E-state index contributed by atoms with van der Waals surface area (Å²) in [5, 5.41) is 4.16. The summed E-state index contributed by atoms with van der Waals surface area (Å²) in [5.41, 5.74) is 9.21. The summed E-state index contributed by atoms with van der Waals surface area (Å²) in [4.78, 5) is 16.8. The second-order valence-corrected chi connectivity index (χ2v) is 8.12. The van der Waals surface area contributed by atoms with Crippen LogP contribution in [-0.4, -0.2) is 21.5 Å². The van der Waals surface area contributed by atoms with Crippen molar-refractivity contribution in [2.45, 2.75) is 16.8 Å². The van der Waals surface area contributed by atoms with E-state index in [1.807, 2.05) is 18.2 Å². The average Bonchev–Trinajstić information content (AvgIpc) is 2.82. The Morgan fingerprint density at radius 2 is 1.61 bits per heavy atom. The van der Waals surface area contributed by atoms with E-state index in [-0.39, 0.29) is 0 Å². The first-order valence-corrected chi connectivity index (χ1v) is 11.0. The molecule has 3 aromatic carbocycles. The van der Waals surface area contributed by atoms with Gasteiger partial charge in [-0.2, -0.15) is 0 Å². The van der Waals surface area contributed by atoms with Crippen molar-refractivity contribution < 1.29 is 0 Å². The lowest BCUT2D eigenvalue weighted by atomic mass is 10.1. The minimum Gasteiger partial charge on any atom is -0.394 e. The predicted molar refractivity (Wildman–Crippen MR) is 129 cm³/mol. The Bertz CT molecular complexity index is 1370. The Hall–Kier alpha value is -3.64. The van der Waals surface area contributed by atoms with Crippen molar-refractivity contribution in [3.63, 3.8) is 0 Å². The molecular formula is C25H21N5S. The highest BCUT2D eigenvalue weighted by atomic mass is 32.2. The highest BCUT2D eigenvalue weighted by Crippen LogP contribution is 2.40. The summed E-state index contributed by atoms with van der Waals surface area (Å²) in [5.74, 6) is 0.713. The fourth-order valence-corrected chi connectivity index (χ4v) is 4.73. The molecule has 0 unspecified atom stereocenters. The molecule has 0 amide bonds. The molecule has 2 heterocycles. The molecule has 0 atom stereocenters. The zero-order chi connectivity index (χ0) is 21.2. The van der Waals surface area contributed by atoms with Crippen LogP contribution in [0.5, 0.6) is 0 Å². The second kappa shape index (κ2) is 8.24. The standard InChI is InChI=1S/C25H21N5S/c1-2-30(20-13-5-9-17-8-3-4-12-19(17)20)24-22(26)25(29-16-28-24)31-21-14-6-10-18-11-7-15-27-23(18)21/h3-16H,2,26H2,1H3. The molecule has 2 N–H and O–H groups in total. The maximum absolute atomic E-state index is 6.63. The van der Waals surface area contributed by atoms with Crippen LogP contribution in [0.2, 0.25) is 0 Å². The molecule has 0 saturated heterocycles. The molecule has 5 rings (SSSR count). The minimum atomic E-state index is 0.565. The van der Waals surface area contributed by atoms with Crippen molar-refractivity contribution in [3.05, 3.63) is 85.3 Å². The van der Waals surface area contributed by atoms with Gasteiger partial charge >= 0.3 is 0 Å². The van der Waals surface area contributed by atoms with Crippen LogP contribution in [0.3, 0.4) is 0 Å². The van der Waals surface area contributed by atoms with Gasteiger partial charge in [-0.25, -0.2) is 9.97 Å². The monoisotopic (exact) mass is 423 g/mol. The third-order valence-corrected chi connectivity index (χ3v) is 6.33. The first-order valence-electron chi connectivity index (χ1n) is 10.1. The molecule has 5 aromatic rings. The molecule has 0 aliphatic rings. The van der Waals surface area contributed by atoms with Gasteiger partial charge in [-0.1, -0.05) is 66.4 Å². The molecule has 2 aromatic heterocycles. The number of aromatic nitrogens is 3. The van der Waals surface area contributed by atoms with Gasteiger partial charge in [0.05, 0.1) is 11.2 Å². The molecule has 0 aliphatic heterocycles. The topological polar surface area (TPSA) is 67.9 Å². The van der Waals surface area contributed by atoms with Gasteiger partial charge in [0.15, 0.2) is 5.82 Å². The third-order valence-electron chi connectivity index (χ3n) is 5.26. The number of para-hydroxylation sites is 1. The Balaban J connectivity index is 1.58. The van der Waals surface area contributed by atoms with Crippen molar-refractivity contribution in [1.29, 1.82) is 0 Å². The maximum Gasteiger partial charge on any atom is 0.160 e. The van der Waals surface area contributed by atoms with Crippen LogP contribution in [0.1, 0.15) is 6.92 Å². The molecule has 0 radical (unpaired) electrons. The molecular weight excluding hydrogens is 402 g/mol. The first kappa shape index (κ1) is 19.3. The fourth-order valence-electron chi connectivity index (χ4n) is 3.81. The molecule has 0 fully saturated rings. The van der Waals surface area contributed by atoms with Gasteiger partial charge < -0.3 is 10.6 Å². The Morgan fingerprint density at radius 3 is 2.52 bits per heavy atom. The van der Waals surface area contributed by atoms with Gasteiger partial charge in [0, 0.05) is 28.4 Å². The smallest absolute Gasteiger partial charge is 0.160 e. The molecule has 0 aliphatic carbocycles. The molecule has 0 saturated carbocycles. The van der Waals surface area contributed by atoms with Gasteiger partial charge in [0.2, 0.25) is 0 Å². The van der Waals surface area contributed by atoms with Crippen molar-refractivity contribution in [3.8, 4) is 0 Å². The largest absolute Gasteiger partial charge is 0.394 e. The SMILES string of the molecule is CCN(c1ncnc(Sc2cccc3cccnc23)c1N)c1cccc2ccccc12. The van der Waals surface area contributed by atoms with E-state index in [0.717, 1.165) is 38.4 Å². The van der Waals surface area contributed by atoms with Gasteiger partial charge in [-0.05, 0) is 30.5 Å². The van der Waals surface area contributed by atoms with Gasteiger partial charge in [0.1, 0.15) is 17.0 Å². The lowest BCUT2D eigenvalue weighted by molar-refractivity contribution is 0.958. The minimum absolute atomic E-state index is 0.565. The quantitative estimate of drug-likeness (QED) is 0.346. The predicted octanol–water partition coefficient (Wildman–Crippen LogP) is 6.07. The van der Waals surface area contributed by atoms with E-state index >= 15 is 0 Å². The normalized spacial score (nSPS) is 11.1. The van der Waals surface area contributed by atoms with Crippen LogP contribution in [0.25, 0.3) is 21.7 Å². The highest BCUT2D eigenvalue weighted by Gasteiger charge is 2.18. The van der Waals surface area contributed by atoms with E-state index in [4.69, 9.17) is 5.73 Å². The Kier molecular flexibility index (Phi) is 5.14. The van der Waals surface area contributed by atoms with Crippen molar-refractivity contribution >= 4 is 50.6 Å². The lowest BCUT2D eigenvalue weighted by Gasteiger charge is -2.25. The van der Waals surface area contributed by atoms with E-state index in [1.54, 1.807) is 12.5 Å². The summed E-state index contributed by atoms with van der Waals surface area (Å²) in [7, 11) is 0. The molecule has 152 valence electrons. The van der Waals surface area contributed by atoms with Crippen molar-refractivity contribution in [1.82, 2.24) is 15.0 Å². The molecule has 0 bridgehead atoms. The van der Waals surface area contributed by atoms with Crippen LogP contribution in [0, 0.1) is 0 Å². The summed E-state index contributed by atoms with van der Waals surface area (Å²) in [6.45, 7) is 2.83. The van der Waals surface area contributed by atoms with Crippen molar-refractivity contribution in [2.24, 2.45) is 0 Å². The molecule has 0 spiro atoms. The zero-order valence-corrected chi connectivity index (χ0v) is 17.9. The zero-order valence-electron chi connectivity index (χ0n) is 17.1. The number of benzene rings is 3. The summed E-state index contributed by atoms with van der Waals surface area (Å²) < 4.78 is 0. The second-order valence-electron chi connectivity index (χ2n) is 7.09. The van der Waals surface area contributed by atoms with E-state index in [0.29, 0.717) is 11.5 Å². The van der Waals surface area contributed by atoms with E-state index in [2.05, 4.69) is 81.4 Å². The average molecular weight is 424 g/mol. The Morgan fingerprint density at radius 1 is 0.839 bits per heavy atom. The van der Waals surface area contributed by atoms with Crippen LogP contribution in [0.4, 0.5) is 17.2 Å². The van der Waals surface area contributed by atoms with Crippen LogP contribution in [0.15, 0.2) is 95.2 Å². The summed E-state index contributed by atoms with van der Waals surface area (Å²) in [6.07, 6.45) is 3.39. The third kappa shape index (κ3) is 3.55. The highest BCUT2D eigenvalue weighted by molar-refractivity contribution is 7.99. The van der Waals surface area contributed by atoms with Gasteiger partial charge in [-0.15, -0.1) is 0 Å². The van der Waals surface area contributed by atoms with E-state index < -0.39 is 0 Å².